The summed E-state index contributed by atoms with van der Waals surface area (Å²) in [6.07, 6.45) is 0.944. The van der Waals surface area contributed by atoms with Gasteiger partial charge in [0.05, 0.1) is 0 Å². The molecule has 52 valence electrons. The molecule has 0 amide bonds. The van der Waals surface area contributed by atoms with E-state index in [2.05, 4.69) is 20.8 Å². The SMILES string of the molecule is CCC(=N)C1C(C)[C@@H]1C. The predicted octanol–water partition coefficient (Wildman–Crippen LogP) is 2.32. The fourth-order valence-electron chi connectivity index (χ4n) is 1.53. The molecule has 0 aromatic rings. The molecule has 0 saturated heterocycles. The van der Waals surface area contributed by atoms with Crippen LogP contribution in [0.15, 0.2) is 0 Å². The summed E-state index contributed by atoms with van der Waals surface area (Å²) >= 11 is 0. The number of rotatable bonds is 2. The minimum atomic E-state index is 0.634. The molecular weight excluding hydrogens is 110 g/mol. The molecule has 0 spiro atoms. The van der Waals surface area contributed by atoms with E-state index in [-0.39, 0.29) is 0 Å². The van der Waals surface area contributed by atoms with Gasteiger partial charge in [-0.1, -0.05) is 20.8 Å². The molecule has 0 aliphatic heterocycles. The van der Waals surface area contributed by atoms with Crippen LogP contribution in [0.1, 0.15) is 27.2 Å². The Bertz CT molecular complexity index is 121. The molecule has 0 bridgehead atoms. The van der Waals surface area contributed by atoms with Crippen molar-refractivity contribution in [3.05, 3.63) is 0 Å². The lowest BCUT2D eigenvalue weighted by atomic mass is 10.1. The summed E-state index contributed by atoms with van der Waals surface area (Å²) in [6, 6.07) is 0. The molecule has 2 unspecified atom stereocenters. The van der Waals surface area contributed by atoms with Crippen LogP contribution in [-0.4, -0.2) is 5.71 Å². The zero-order valence-corrected chi connectivity index (χ0v) is 6.44. The number of hydrogen-bond donors (Lipinski definition) is 1. The van der Waals surface area contributed by atoms with E-state index in [0.717, 1.165) is 24.0 Å². The lowest BCUT2D eigenvalue weighted by molar-refractivity contribution is 0.834. The van der Waals surface area contributed by atoms with Crippen LogP contribution in [0, 0.1) is 23.2 Å². The minimum Gasteiger partial charge on any atom is -0.309 e. The first-order valence-electron chi connectivity index (χ1n) is 3.75. The van der Waals surface area contributed by atoms with Crippen LogP contribution in [0.3, 0.4) is 0 Å². The van der Waals surface area contributed by atoms with E-state index in [1.165, 1.54) is 0 Å². The van der Waals surface area contributed by atoms with Crippen molar-refractivity contribution < 1.29 is 0 Å². The van der Waals surface area contributed by atoms with Crippen molar-refractivity contribution in [2.75, 3.05) is 0 Å². The average Bonchev–Trinajstić information content (AvgIpc) is 2.40. The second kappa shape index (κ2) is 2.13. The Morgan fingerprint density at radius 1 is 1.33 bits per heavy atom. The number of hydrogen-bond acceptors (Lipinski definition) is 1. The summed E-state index contributed by atoms with van der Waals surface area (Å²) in [4.78, 5) is 0. The summed E-state index contributed by atoms with van der Waals surface area (Å²) in [5.74, 6) is 2.21. The highest BCUT2D eigenvalue weighted by Crippen LogP contribution is 2.46. The van der Waals surface area contributed by atoms with E-state index in [1.807, 2.05) is 0 Å². The average molecular weight is 125 g/mol. The summed E-state index contributed by atoms with van der Waals surface area (Å²) in [5.41, 5.74) is 0.954. The Hall–Kier alpha value is -0.330. The van der Waals surface area contributed by atoms with Crippen molar-refractivity contribution in [3.63, 3.8) is 0 Å². The Kier molecular flexibility index (Phi) is 1.60. The third-order valence-corrected chi connectivity index (χ3v) is 2.60. The molecule has 1 saturated carbocycles. The predicted molar refractivity (Wildman–Crippen MR) is 39.8 cm³/mol. The summed E-state index contributed by atoms with van der Waals surface area (Å²) in [5, 5.41) is 7.52. The smallest absolute Gasteiger partial charge is 0.0123 e. The molecule has 1 aliphatic rings. The van der Waals surface area contributed by atoms with Crippen molar-refractivity contribution in [3.8, 4) is 0 Å². The third kappa shape index (κ3) is 1.00. The van der Waals surface area contributed by atoms with E-state index in [4.69, 9.17) is 5.41 Å². The maximum atomic E-state index is 7.52. The second-order valence-corrected chi connectivity index (χ2v) is 3.12. The first-order chi connectivity index (χ1) is 4.18. The third-order valence-electron chi connectivity index (χ3n) is 2.60. The summed E-state index contributed by atoms with van der Waals surface area (Å²) in [6.45, 7) is 6.54. The summed E-state index contributed by atoms with van der Waals surface area (Å²) in [7, 11) is 0. The minimum absolute atomic E-state index is 0.634. The fourth-order valence-corrected chi connectivity index (χ4v) is 1.53. The first-order valence-corrected chi connectivity index (χ1v) is 3.75. The quantitative estimate of drug-likeness (QED) is 0.548. The van der Waals surface area contributed by atoms with Gasteiger partial charge in [0.1, 0.15) is 0 Å². The molecular formula is C8H15N. The molecule has 1 nitrogen and oxygen atoms in total. The molecule has 0 heterocycles. The van der Waals surface area contributed by atoms with Gasteiger partial charge in [-0.2, -0.15) is 0 Å². The van der Waals surface area contributed by atoms with Gasteiger partial charge >= 0.3 is 0 Å². The van der Waals surface area contributed by atoms with Crippen molar-refractivity contribution in [2.45, 2.75) is 27.2 Å². The maximum absolute atomic E-state index is 7.52. The molecule has 0 radical (unpaired) electrons. The van der Waals surface area contributed by atoms with E-state index in [1.54, 1.807) is 0 Å². The van der Waals surface area contributed by atoms with Crippen LogP contribution in [-0.2, 0) is 0 Å². The van der Waals surface area contributed by atoms with Gasteiger partial charge in [0.2, 0.25) is 0 Å². The van der Waals surface area contributed by atoms with Crippen LogP contribution in [0.4, 0.5) is 0 Å². The van der Waals surface area contributed by atoms with Crippen LogP contribution in [0.25, 0.3) is 0 Å². The molecule has 9 heavy (non-hydrogen) atoms. The maximum Gasteiger partial charge on any atom is 0.0123 e. The van der Waals surface area contributed by atoms with Crippen molar-refractivity contribution >= 4 is 5.71 Å². The molecule has 0 aromatic carbocycles. The Labute approximate surface area is 57.0 Å². The molecule has 1 aliphatic carbocycles. The van der Waals surface area contributed by atoms with Gasteiger partial charge in [0.25, 0.3) is 0 Å². The Morgan fingerprint density at radius 3 is 1.89 bits per heavy atom. The second-order valence-electron chi connectivity index (χ2n) is 3.12. The lowest BCUT2D eigenvalue weighted by Crippen LogP contribution is -1.98. The first kappa shape index (κ1) is 6.79. The van der Waals surface area contributed by atoms with E-state index >= 15 is 0 Å². The van der Waals surface area contributed by atoms with Crippen LogP contribution < -0.4 is 0 Å². The van der Waals surface area contributed by atoms with Gasteiger partial charge in [0.15, 0.2) is 0 Å². The van der Waals surface area contributed by atoms with Gasteiger partial charge in [-0.3, -0.25) is 0 Å². The van der Waals surface area contributed by atoms with E-state index < -0.39 is 0 Å². The van der Waals surface area contributed by atoms with Crippen LogP contribution >= 0.6 is 0 Å². The summed E-state index contributed by atoms with van der Waals surface area (Å²) < 4.78 is 0. The molecule has 3 atom stereocenters. The van der Waals surface area contributed by atoms with Crippen molar-refractivity contribution in [2.24, 2.45) is 17.8 Å². The highest BCUT2D eigenvalue weighted by atomic mass is 14.6. The van der Waals surface area contributed by atoms with Gasteiger partial charge in [-0.05, 0) is 18.3 Å². The fraction of sp³-hybridized carbons (Fsp3) is 0.875. The molecule has 0 aromatic heterocycles. The van der Waals surface area contributed by atoms with Crippen LogP contribution in [0.2, 0.25) is 0 Å². The zero-order valence-electron chi connectivity index (χ0n) is 6.44. The zero-order chi connectivity index (χ0) is 7.02. The topological polar surface area (TPSA) is 23.9 Å². The van der Waals surface area contributed by atoms with Gasteiger partial charge in [-0.25, -0.2) is 0 Å². The Morgan fingerprint density at radius 2 is 1.78 bits per heavy atom. The highest BCUT2D eigenvalue weighted by Gasteiger charge is 2.44. The van der Waals surface area contributed by atoms with Gasteiger partial charge in [0, 0.05) is 11.6 Å². The van der Waals surface area contributed by atoms with Crippen molar-refractivity contribution in [1.82, 2.24) is 0 Å². The lowest BCUT2D eigenvalue weighted by Gasteiger charge is -1.93. The van der Waals surface area contributed by atoms with E-state index in [9.17, 15) is 0 Å². The molecule has 1 rings (SSSR count). The normalized spacial score (nSPS) is 40.6. The Balaban J connectivity index is 2.40. The van der Waals surface area contributed by atoms with Crippen molar-refractivity contribution in [1.29, 1.82) is 5.41 Å². The van der Waals surface area contributed by atoms with Crippen LogP contribution in [0.5, 0.6) is 0 Å². The highest BCUT2D eigenvalue weighted by molar-refractivity contribution is 5.86. The van der Waals surface area contributed by atoms with Gasteiger partial charge < -0.3 is 5.41 Å². The van der Waals surface area contributed by atoms with E-state index in [0.29, 0.717) is 5.92 Å². The standard InChI is InChI=1S/C8H15N/c1-4-7(9)8-5(2)6(8)3/h5-6,8-9H,4H2,1-3H3/t5-,6?,8?/m0/s1. The molecule has 1 heteroatoms. The largest absolute Gasteiger partial charge is 0.309 e. The van der Waals surface area contributed by atoms with Gasteiger partial charge in [-0.15, -0.1) is 0 Å². The number of nitrogens with one attached hydrogen (secondary N) is 1. The molecule has 1 fully saturated rings. The molecule has 1 N–H and O–H groups in total. The monoisotopic (exact) mass is 125 g/mol.